The molecule has 0 aromatic carbocycles. The minimum atomic E-state index is 0.528. The van der Waals surface area contributed by atoms with Gasteiger partial charge in [-0.15, -0.1) is 6.58 Å². The quantitative estimate of drug-likeness (QED) is 0.331. The van der Waals surface area contributed by atoms with Crippen molar-refractivity contribution < 1.29 is 0 Å². The normalized spacial score (nSPS) is 49.0. The van der Waals surface area contributed by atoms with Crippen molar-refractivity contribution in [3.05, 3.63) is 12.2 Å². The van der Waals surface area contributed by atoms with E-state index in [-0.39, 0.29) is 0 Å². The Bertz CT molecular complexity index is 581. The molecule has 0 spiro atoms. The zero-order valence-electron chi connectivity index (χ0n) is 20.7. The first-order valence-corrected chi connectivity index (χ1v) is 13.2. The number of rotatable bonds is 3. The summed E-state index contributed by atoms with van der Waals surface area (Å²) in [6.07, 6.45) is 16.6. The number of hydrogen-bond donors (Lipinski definition) is 0. The molecule has 29 heavy (non-hydrogen) atoms. The van der Waals surface area contributed by atoms with E-state index >= 15 is 0 Å². The van der Waals surface area contributed by atoms with Gasteiger partial charge in [0.25, 0.3) is 0 Å². The van der Waals surface area contributed by atoms with Gasteiger partial charge in [0.05, 0.1) is 7.85 Å². The molecule has 0 aromatic rings. The lowest BCUT2D eigenvalue weighted by Gasteiger charge is -2.63. The third kappa shape index (κ3) is 3.49. The molecule has 0 bridgehead atoms. The highest BCUT2D eigenvalue weighted by molar-refractivity contribution is 6.10. The van der Waals surface area contributed by atoms with Crippen LogP contribution >= 0.6 is 0 Å². The van der Waals surface area contributed by atoms with Crippen molar-refractivity contribution >= 4 is 7.85 Å². The first-order chi connectivity index (χ1) is 13.8. The van der Waals surface area contributed by atoms with Crippen molar-refractivity contribution in [2.75, 3.05) is 0 Å². The van der Waals surface area contributed by atoms with Crippen molar-refractivity contribution in [2.24, 2.45) is 45.8 Å². The summed E-state index contributed by atoms with van der Waals surface area (Å²) in [5, 5.41) is 0. The van der Waals surface area contributed by atoms with Crippen LogP contribution in [-0.2, 0) is 0 Å². The van der Waals surface area contributed by atoms with Gasteiger partial charge in [0.2, 0.25) is 0 Å². The van der Waals surface area contributed by atoms with Crippen LogP contribution in [0.4, 0.5) is 0 Å². The molecule has 0 aliphatic heterocycles. The molecule has 0 nitrogen and oxygen atoms in total. The maximum Gasteiger partial charge on any atom is 0.0712 e. The van der Waals surface area contributed by atoms with Gasteiger partial charge < -0.3 is 0 Å². The lowest BCUT2D eigenvalue weighted by Crippen LogP contribution is -2.56. The predicted octanol–water partition coefficient (Wildman–Crippen LogP) is 8.62. The maximum atomic E-state index is 6.08. The lowest BCUT2D eigenvalue weighted by molar-refractivity contribution is -0.141. The van der Waals surface area contributed by atoms with Crippen LogP contribution in [-0.4, -0.2) is 7.85 Å². The zero-order valence-corrected chi connectivity index (χ0v) is 20.7. The molecule has 164 valence electrons. The van der Waals surface area contributed by atoms with Crippen molar-refractivity contribution in [3.63, 3.8) is 0 Å². The molecule has 0 amide bonds. The average molecular weight is 397 g/mol. The molecule has 2 radical (unpaired) electrons. The van der Waals surface area contributed by atoms with Gasteiger partial charge in [-0.3, -0.25) is 0 Å². The Morgan fingerprint density at radius 3 is 2.34 bits per heavy atom. The summed E-state index contributed by atoms with van der Waals surface area (Å²) in [5.74, 6) is 4.51. The molecule has 0 N–H and O–H groups in total. The highest BCUT2D eigenvalue weighted by Crippen LogP contribution is 2.71. The smallest absolute Gasteiger partial charge is 0.0712 e. The SMILES string of the molecule is CC.[B]CC(=C)C1CCC2C3CCC4(C)CC(C)CCCC4(C)C3CCC12CC. The lowest BCUT2D eigenvalue weighted by atomic mass is 9.41. The van der Waals surface area contributed by atoms with E-state index in [1.807, 2.05) is 13.8 Å². The van der Waals surface area contributed by atoms with Crippen LogP contribution in [0.15, 0.2) is 12.2 Å². The molecule has 4 fully saturated rings. The number of hydrogen-bond acceptors (Lipinski definition) is 0. The summed E-state index contributed by atoms with van der Waals surface area (Å²) in [6.45, 7) is 18.8. The average Bonchev–Trinajstić information content (AvgIpc) is 3.06. The molecular weight excluding hydrogens is 347 g/mol. The third-order valence-electron chi connectivity index (χ3n) is 11.0. The summed E-state index contributed by atoms with van der Waals surface area (Å²) < 4.78 is 0. The Morgan fingerprint density at radius 1 is 0.966 bits per heavy atom. The Balaban J connectivity index is 0.00000117. The monoisotopic (exact) mass is 396 g/mol. The number of fused-ring (bicyclic) bond motifs is 5. The van der Waals surface area contributed by atoms with Crippen molar-refractivity contribution in [3.8, 4) is 0 Å². The Labute approximate surface area is 184 Å². The molecule has 4 aliphatic carbocycles. The Hall–Kier alpha value is -0.195. The van der Waals surface area contributed by atoms with Crippen molar-refractivity contribution in [1.82, 2.24) is 0 Å². The largest absolute Gasteiger partial charge is 0.100 e. The summed E-state index contributed by atoms with van der Waals surface area (Å²) in [4.78, 5) is 0. The van der Waals surface area contributed by atoms with Crippen molar-refractivity contribution in [2.45, 2.75) is 118 Å². The summed E-state index contributed by atoms with van der Waals surface area (Å²) in [7, 11) is 6.08. The van der Waals surface area contributed by atoms with E-state index in [4.69, 9.17) is 7.85 Å². The van der Waals surface area contributed by atoms with E-state index < -0.39 is 0 Å². The molecule has 8 unspecified atom stereocenters. The first-order valence-electron chi connectivity index (χ1n) is 13.2. The predicted molar refractivity (Wildman–Crippen MR) is 129 cm³/mol. The third-order valence-corrected chi connectivity index (χ3v) is 11.0. The number of allylic oxidation sites excluding steroid dienone is 1. The zero-order chi connectivity index (χ0) is 21.4. The molecule has 4 saturated carbocycles. The molecule has 8 atom stereocenters. The van der Waals surface area contributed by atoms with E-state index in [0.717, 1.165) is 23.7 Å². The fraction of sp³-hybridized carbons (Fsp3) is 0.929. The first kappa shape index (κ1) is 23.5. The maximum absolute atomic E-state index is 6.08. The van der Waals surface area contributed by atoms with Crippen LogP contribution in [0.5, 0.6) is 0 Å². The van der Waals surface area contributed by atoms with E-state index in [0.29, 0.717) is 28.5 Å². The fourth-order valence-corrected chi connectivity index (χ4v) is 9.46. The second kappa shape index (κ2) is 8.74. The molecular formula is C28H49B. The van der Waals surface area contributed by atoms with E-state index in [1.54, 1.807) is 0 Å². The van der Waals surface area contributed by atoms with Gasteiger partial charge in [-0.25, -0.2) is 0 Å². The van der Waals surface area contributed by atoms with Gasteiger partial charge in [-0.2, -0.15) is 0 Å². The van der Waals surface area contributed by atoms with Gasteiger partial charge in [-0.05, 0) is 104 Å². The highest BCUT2D eigenvalue weighted by Gasteiger charge is 2.63. The molecule has 1 heteroatoms. The van der Waals surface area contributed by atoms with Crippen LogP contribution in [0.3, 0.4) is 0 Å². The molecule has 4 rings (SSSR count). The van der Waals surface area contributed by atoms with Gasteiger partial charge in [0.15, 0.2) is 0 Å². The topological polar surface area (TPSA) is 0 Å². The minimum Gasteiger partial charge on any atom is -0.100 e. The summed E-state index contributed by atoms with van der Waals surface area (Å²) in [6, 6.07) is 0. The summed E-state index contributed by atoms with van der Waals surface area (Å²) >= 11 is 0. The molecule has 4 aliphatic rings. The van der Waals surface area contributed by atoms with Crippen molar-refractivity contribution in [1.29, 1.82) is 0 Å². The minimum absolute atomic E-state index is 0.528. The van der Waals surface area contributed by atoms with Gasteiger partial charge in [0.1, 0.15) is 0 Å². The second-order valence-electron chi connectivity index (χ2n) is 11.7. The standard InChI is InChI=1S/C26H43B.C2H6/c1-6-26-15-12-22-20(23(26)10-9-21(26)19(3)17-27)11-14-24(4)16-18(2)8-7-13-25(22,24)5;1-2/h18,20-23H,3,6-17H2,1-2,4-5H3;1-2H3. The van der Waals surface area contributed by atoms with E-state index in [2.05, 4.69) is 34.3 Å². The van der Waals surface area contributed by atoms with Crippen LogP contribution in [0, 0.1) is 45.8 Å². The van der Waals surface area contributed by atoms with Gasteiger partial charge in [0, 0.05) is 0 Å². The van der Waals surface area contributed by atoms with Crippen LogP contribution in [0.25, 0.3) is 0 Å². The van der Waals surface area contributed by atoms with Crippen LogP contribution in [0.2, 0.25) is 6.32 Å². The molecule has 0 heterocycles. The Morgan fingerprint density at radius 2 is 1.69 bits per heavy atom. The second-order valence-corrected chi connectivity index (χ2v) is 11.7. The Kier molecular flexibility index (Phi) is 7.07. The molecule has 0 saturated heterocycles. The van der Waals surface area contributed by atoms with Gasteiger partial charge >= 0.3 is 0 Å². The van der Waals surface area contributed by atoms with E-state index in [9.17, 15) is 0 Å². The van der Waals surface area contributed by atoms with E-state index in [1.165, 1.54) is 76.2 Å². The van der Waals surface area contributed by atoms with Gasteiger partial charge in [-0.1, -0.05) is 66.3 Å². The fourth-order valence-electron chi connectivity index (χ4n) is 9.46. The highest BCUT2D eigenvalue weighted by atomic mass is 14.7. The van der Waals surface area contributed by atoms with Crippen LogP contribution < -0.4 is 0 Å². The van der Waals surface area contributed by atoms with Crippen LogP contribution in [0.1, 0.15) is 112 Å². The summed E-state index contributed by atoms with van der Waals surface area (Å²) in [5.41, 5.74) is 3.03. The molecule has 0 aromatic heterocycles.